The topological polar surface area (TPSA) is 121 Å². The molecule has 2 atom stereocenters. The minimum absolute atomic E-state index is 0.287. The fourth-order valence-corrected chi connectivity index (χ4v) is 6.72. The number of aliphatic imine (C=N–C) groups is 1. The Kier molecular flexibility index (Phi) is 5.46. The predicted octanol–water partition coefficient (Wildman–Crippen LogP) is 1.97. The maximum Gasteiger partial charge on any atom is 0.243 e. The van der Waals surface area contributed by atoms with Crippen LogP contribution in [0.25, 0.3) is 0 Å². The van der Waals surface area contributed by atoms with Crippen LogP contribution in [0.15, 0.2) is 63.2 Å². The Labute approximate surface area is 191 Å². The molecule has 1 saturated heterocycles. The maximum absolute atomic E-state index is 12.8. The summed E-state index contributed by atoms with van der Waals surface area (Å²) in [6, 6.07) is 10.6. The molecule has 4 heterocycles. The molecule has 0 saturated carbocycles. The van der Waals surface area contributed by atoms with Crippen molar-refractivity contribution in [1.82, 2.24) is 9.29 Å². The quantitative estimate of drug-likeness (QED) is 0.694. The third-order valence-electron chi connectivity index (χ3n) is 5.89. The van der Waals surface area contributed by atoms with Gasteiger partial charge in [0.2, 0.25) is 10.0 Å². The van der Waals surface area contributed by atoms with E-state index in [1.807, 2.05) is 28.9 Å². The minimum Gasteiger partial charge on any atom is -0.311 e. The maximum atomic E-state index is 12.8. The van der Waals surface area contributed by atoms with E-state index in [4.69, 9.17) is 11.5 Å². The highest BCUT2D eigenvalue weighted by Crippen LogP contribution is 2.43. The van der Waals surface area contributed by atoms with Gasteiger partial charge in [-0.25, -0.2) is 18.4 Å². The number of anilines is 2. The van der Waals surface area contributed by atoms with Crippen molar-refractivity contribution in [3.63, 3.8) is 0 Å². The summed E-state index contributed by atoms with van der Waals surface area (Å²) in [4.78, 5) is 13.1. The number of aromatic nitrogens is 1. The number of rotatable bonds is 4. The van der Waals surface area contributed by atoms with Gasteiger partial charge in [0, 0.05) is 25.0 Å². The zero-order valence-electron chi connectivity index (χ0n) is 17.6. The van der Waals surface area contributed by atoms with Gasteiger partial charge in [-0.3, -0.25) is 4.90 Å². The van der Waals surface area contributed by atoms with Crippen LogP contribution in [0, 0.1) is 6.92 Å². The number of benzene rings is 1. The molecule has 0 spiro atoms. The Hall–Kier alpha value is -2.44. The van der Waals surface area contributed by atoms with Gasteiger partial charge in [0.25, 0.3) is 0 Å². The standard InChI is InChI=1S/C21H25N7O2S2/c1-14-5-4-10-24-19(14)28-17-18(22)27(13-25-20(17)31-21(28)23)15-6-8-16(9-7-15)32(29,30)26-11-2-3-12-26/h4-10,13,18,21H,2-3,11-12,22-23H2,1H3. The van der Waals surface area contributed by atoms with Crippen LogP contribution in [0.5, 0.6) is 0 Å². The molecule has 0 aliphatic carbocycles. The van der Waals surface area contributed by atoms with Crippen molar-refractivity contribution in [3.05, 3.63) is 58.9 Å². The molecule has 0 bridgehead atoms. The summed E-state index contributed by atoms with van der Waals surface area (Å²) in [7, 11) is -3.47. The Balaban J connectivity index is 1.43. The van der Waals surface area contributed by atoms with Crippen molar-refractivity contribution in [1.29, 1.82) is 0 Å². The fourth-order valence-electron chi connectivity index (χ4n) is 4.21. The van der Waals surface area contributed by atoms with E-state index in [0.717, 1.165) is 40.6 Å². The lowest BCUT2D eigenvalue weighted by Crippen LogP contribution is -2.51. The van der Waals surface area contributed by atoms with Crippen molar-refractivity contribution in [2.24, 2.45) is 16.5 Å². The molecule has 3 aliphatic heterocycles. The first-order valence-corrected chi connectivity index (χ1v) is 12.8. The van der Waals surface area contributed by atoms with Gasteiger partial charge in [-0.1, -0.05) is 17.8 Å². The second kappa shape index (κ2) is 8.16. The molecule has 32 heavy (non-hydrogen) atoms. The summed E-state index contributed by atoms with van der Waals surface area (Å²) in [6.45, 7) is 3.13. The Morgan fingerprint density at radius 3 is 2.50 bits per heavy atom. The van der Waals surface area contributed by atoms with E-state index in [2.05, 4.69) is 9.98 Å². The van der Waals surface area contributed by atoms with Crippen LogP contribution in [0.3, 0.4) is 0 Å². The van der Waals surface area contributed by atoms with Gasteiger partial charge < -0.3 is 16.4 Å². The number of sulfonamides is 1. The average Bonchev–Trinajstić information content (AvgIpc) is 3.43. The summed E-state index contributed by atoms with van der Waals surface area (Å²) < 4.78 is 27.2. The molecule has 9 nitrogen and oxygen atoms in total. The van der Waals surface area contributed by atoms with Crippen LogP contribution in [0.1, 0.15) is 18.4 Å². The van der Waals surface area contributed by atoms with E-state index in [-0.39, 0.29) is 10.4 Å². The van der Waals surface area contributed by atoms with Crippen molar-refractivity contribution >= 4 is 39.6 Å². The van der Waals surface area contributed by atoms with E-state index in [1.54, 1.807) is 36.8 Å². The molecule has 11 heteroatoms. The van der Waals surface area contributed by atoms with Gasteiger partial charge in [-0.2, -0.15) is 4.31 Å². The first kappa shape index (κ1) is 21.4. The summed E-state index contributed by atoms with van der Waals surface area (Å²) in [5.74, 6) is 0.747. The molecule has 1 aromatic carbocycles. The van der Waals surface area contributed by atoms with Crippen LogP contribution < -0.4 is 21.3 Å². The van der Waals surface area contributed by atoms with Gasteiger partial charge in [0.15, 0.2) is 0 Å². The predicted molar refractivity (Wildman–Crippen MR) is 127 cm³/mol. The van der Waals surface area contributed by atoms with Gasteiger partial charge in [-0.15, -0.1) is 0 Å². The SMILES string of the molecule is Cc1cccnc1N1C2=C(N=CN(c3ccc(S(=O)(=O)N4CCCC4)cc3)C2N)SC1N. The van der Waals surface area contributed by atoms with Crippen LogP contribution in [0.4, 0.5) is 11.5 Å². The lowest BCUT2D eigenvalue weighted by atomic mass is 10.2. The molecule has 0 radical (unpaired) electrons. The molecular weight excluding hydrogens is 446 g/mol. The van der Waals surface area contributed by atoms with E-state index >= 15 is 0 Å². The molecule has 0 amide bonds. The molecule has 2 unspecified atom stereocenters. The van der Waals surface area contributed by atoms with Crippen LogP contribution in [-0.4, -0.2) is 48.8 Å². The van der Waals surface area contributed by atoms with Crippen molar-refractivity contribution in [3.8, 4) is 0 Å². The highest BCUT2D eigenvalue weighted by Gasteiger charge is 2.40. The summed E-state index contributed by atoms with van der Waals surface area (Å²) in [6.07, 6.45) is 4.65. The number of hydrogen-bond donors (Lipinski definition) is 2. The Bertz CT molecular complexity index is 1190. The second-order valence-electron chi connectivity index (χ2n) is 7.91. The fraction of sp³-hybridized carbons (Fsp3) is 0.333. The number of pyridine rings is 1. The molecule has 5 rings (SSSR count). The summed E-state index contributed by atoms with van der Waals surface area (Å²) >= 11 is 1.44. The highest BCUT2D eigenvalue weighted by molar-refractivity contribution is 8.04. The number of nitrogens with zero attached hydrogens (tertiary/aromatic N) is 5. The molecule has 3 aliphatic rings. The molecule has 1 fully saturated rings. The lowest BCUT2D eigenvalue weighted by molar-refractivity contribution is 0.477. The van der Waals surface area contributed by atoms with Crippen LogP contribution >= 0.6 is 11.8 Å². The van der Waals surface area contributed by atoms with Crippen molar-refractivity contribution in [2.75, 3.05) is 22.9 Å². The summed E-state index contributed by atoms with van der Waals surface area (Å²) in [5.41, 5.74) is 15.2. The first-order valence-electron chi connectivity index (χ1n) is 10.4. The normalized spacial score (nSPS) is 23.8. The van der Waals surface area contributed by atoms with Gasteiger partial charge in [0.05, 0.1) is 16.9 Å². The van der Waals surface area contributed by atoms with Crippen LogP contribution in [0.2, 0.25) is 0 Å². The number of hydrogen-bond acceptors (Lipinski definition) is 9. The zero-order valence-corrected chi connectivity index (χ0v) is 19.3. The molecule has 168 valence electrons. The number of thioether (sulfide) groups is 1. The van der Waals surface area contributed by atoms with Gasteiger partial charge >= 0.3 is 0 Å². The van der Waals surface area contributed by atoms with Gasteiger partial charge in [-0.05, 0) is 55.7 Å². The second-order valence-corrected chi connectivity index (χ2v) is 11.0. The van der Waals surface area contributed by atoms with Crippen molar-refractivity contribution in [2.45, 2.75) is 36.3 Å². The average molecular weight is 472 g/mol. The van der Waals surface area contributed by atoms with E-state index in [9.17, 15) is 8.42 Å². The van der Waals surface area contributed by atoms with Gasteiger partial charge in [0.1, 0.15) is 22.5 Å². The third-order valence-corrected chi connectivity index (χ3v) is 8.80. The Morgan fingerprint density at radius 2 is 1.81 bits per heavy atom. The zero-order chi connectivity index (χ0) is 22.5. The van der Waals surface area contributed by atoms with E-state index in [0.29, 0.717) is 13.1 Å². The summed E-state index contributed by atoms with van der Waals surface area (Å²) in [5, 5.41) is 0.763. The lowest BCUT2D eigenvalue weighted by Gasteiger charge is -2.35. The molecule has 4 N–H and O–H groups in total. The largest absolute Gasteiger partial charge is 0.311 e. The molecule has 1 aromatic heterocycles. The van der Waals surface area contributed by atoms with E-state index < -0.39 is 16.2 Å². The first-order chi connectivity index (χ1) is 15.4. The number of nitrogens with two attached hydrogens (primary N) is 2. The number of aryl methyl sites for hydroxylation is 1. The Morgan fingerprint density at radius 1 is 1.09 bits per heavy atom. The highest BCUT2D eigenvalue weighted by atomic mass is 32.2. The van der Waals surface area contributed by atoms with Crippen molar-refractivity contribution < 1.29 is 8.42 Å². The van der Waals surface area contributed by atoms with Crippen LogP contribution in [-0.2, 0) is 10.0 Å². The monoisotopic (exact) mass is 471 g/mol. The van der Waals surface area contributed by atoms with E-state index in [1.165, 1.54) is 16.1 Å². The smallest absolute Gasteiger partial charge is 0.243 e. The third kappa shape index (κ3) is 3.50. The minimum atomic E-state index is -3.47. The molecule has 2 aromatic rings. The molecular formula is C21H25N7O2S2.